The number of aliphatic imine (C=N–C) groups is 2. The fourth-order valence-electron chi connectivity index (χ4n) is 3.52. The molecule has 8 heteroatoms. The van der Waals surface area contributed by atoms with Crippen molar-refractivity contribution in [2.75, 3.05) is 5.75 Å². The molecule has 0 bridgehead atoms. The van der Waals surface area contributed by atoms with E-state index in [4.69, 9.17) is 16.6 Å². The van der Waals surface area contributed by atoms with E-state index in [1.54, 1.807) is 11.0 Å². The molecule has 0 unspecified atom stereocenters. The Balaban J connectivity index is 1.48. The minimum Gasteiger partial charge on any atom is -0.351 e. The average molecular weight is 455 g/mol. The van der Waals surface area contributed by atoms with Crippen LogP contribution >= 0.6 is 23.4 Å². The minimum atomic E-state index is -0.416. The number of nitrogens with one attached hydrogen (secondary N) is 1. The number of carbonyl (C=O) groups excluding carboxylic acids is 2. The molecular formula is C23H23ClN4O2S. The molecule has 160 valence electrons. The topological polar surface area (TPSA) is 74.1 Å². The van der Waals surface area contributed by atoms with Gasteiger partial charge in [0.05, 0.1) is 11.4 Å². The van der Waals surface area contributed by atoms with Gasteiger partial charge in [-0.2, -0.15) is 0 Å². The van der Waals surface area contributed by atoms with Crippen molar-refractivity contribution < 1.29 is 9.59 Å². The second-order valence-corrected chi connectivity index (χ2v) is 9.19. The van der Waals surface area contributed by atoms with Gasteiger partial charge in [-0.3, -0.25) is 14.6 Å². The van der Waals surface area contributed by atoms with E-state index >= 15 is 0 Å². The fraction of sp³-hybridized carbons (Fsp3) is 0.304. The van der Waals surface area contributed by atoms with Crippen LogP contribution in [0.15, 0.2) is 58.5 Å². The third kappa shape index (κ3) is 4.67. The number of fused-ring (bicyclic) bond motifs is 3. The summed E-state index contributed by atoms with van der Waals surface area (Å²) in [6.45, 7) is 4.50. The summed E-state index contributed by atoms with van der Waals surface area (Å²) < 4.78 is 0. The lowest BCUT2D eigenvalue weighted by molar-refractivity contribution is -0.125. The summed E-state index contributed by atoms with van der Waals surface area (Å²) in [4.78, 5) is 36.5. The average Bonchev–Trinajstić information content (AvgIpc) is 3.07. The van der Waals surface area contributed by atoms with Gasteiger partial charge in [-0.1, -0.05) is 67.5 Å². The largest absolute Gasteiger partial charge is 0.351 e. The van der Waals surface area contributed by atoms with Crippen LogP contribution in [0, 0.1) is 5.92 Å². The smallest absolute Gasteiger partial charge is 0.259 e. The number of thioether (sulfide) groups is 1. The predicted molar refractivity (Wildman–Crippen MR) is 126 cm³/mol. The predicted octanol–water partition coefficient (Wildman–Crippen LogP) is 4.39. The number of para-hydroxylation sites is 1. The van der Waals surface area contributed by atoms with Crippen molar-refractivity contribution in [3.8, 4) is 0 Å². The molecule has 1 atom stereocenters. The summed E-state index contributed by atoms with van der Waals surface area (Å²) >= 11 is 7.39. The van der Waals surface area contributed by atoms with E-state index in [1.165, 1.54) is 11.8 Å². The van der Waals surface area contributed by atoms with Gasteiger partial charge in [-0.25, -0.2) is 9.89 Å². The van der Waals surface area contributed by atoms with E-state index in [9.17, 15) is 9.59 Å². The van der Waals surface area contributed by atoms with Crippen molar-refractivity contribution in [1.29, 1.82) is 0 Å². The maximum Gasteiger partial charge on any atom is 0.259 e. The third-order valence-electron chi connectivity index (χ3n) is 5.01. The number of carbonyl (C=O) groups is 2. The highest BCUT2D eigenvalue weighted by molar-refractivity contribution is 8.14. The minimum absolute atomic E-state index is 0.0825. The second kappa shape index (κ2) is 9.24. The van der Waals surface area contributed by atoms with Crippen LogP contribution in [-0.4, -0.2) is 39.5 Å². The molecule has 0 spiro atoms. The molecule has 2 aliphatic rings. The van der Waals surface area contributed by atoms with E-state index in [-0.39, 0.29) is 17.6 Å². The van der Waals surface area contributed by atoms with E-state index in [0.717, 1.165) is 16.8 Å². The Morgan fingerprint density at radius 1 is 1.19 bits per heavy atom. The van der Waals surface area contributed by atoms with Crippen LogP contribution in [0.1, 0.15) is 31.4 Å². The molecule has 0 aliphatic carbocycles. The molecule has 2 heterocycles. The number of hydrogen-bond acceptors (Lipinski definition) is 5. The molecule has 6 nitrogen and oxygen atoms in total. The highest BCUT2D eigenvalue weighted by Gasteiger charge is 2.41. The van der Waals surface area contributed by atoms with Gasteiger partial charge in [0.15, 0.2) is 5.17 Å². The lowest BCUT2D eigenvalue weighted by Crippen LogP contribution is -2.41. The Kier molecular flexibility index (Phi) is 6.43. The Hall–Kier alpha value is -2.64. The Labute approximate surface area is 190 Å². The highest BCUT2D eigenvalue weighted by atomic mass is 35.5. The Morgan fingerprint density at radius 2 is 1.94 bits per heavy atom. The van der Waals surface area contributed by atoms with E-state index < -0.39 is 6.04 Å². The van der Waals surface area contributed by atoms with Crippen LogP contribution in [0.2, 0.25) is 5.02 Å². The number of hydrogen-bond donors (Lipinski definition) is 1. The van der Waals surface area contributed by atoms with Gasteiger partial charge in [0.25, 0.3) is 5.91 Å². The number of amidine groups is 2. The molecule has 0 saturated carbocycles. The highest BCUT2D eigenvalue weighted by Crippen LogP contribution is 2.34. The molecule has 2 aromatic rings. The first-order chi connectivity index (χ1) is 14.9. The van der Waals surface area contributed by atoms with Gasteiger partial charge in [0.1, 0.15) is 11.9 Å². The van der Waals surface area contributed by atoms with Crippen LogP contribution in [0.4, 0.5) is 5.69 Å². The zero-order chi connectivity index (χ0) is 22.0. The van der Waals surface area contributed by atoms with Gasteiger partial charge in [0, 0.05) is 17.1 Å². The van der Waals surface area contributed by atoms with Crippen LogP contribution in [0.25, 0.3) is 0 Å². The molecule has 0 fully saturated rings. The van der Waals surface area contributed by atoms with Crippen molar-refractivity contribution in [3.63, 3.8) is 0 Å². The standard InChI is InChI=1S/C23H23ClN4O2S/c1-14(2)11-19-22(30)28-21(26-19)16-8-4-6-10-18(16)27-23(28)31-13-20(29)25-12-15-7-3-5-9-17(15)24/h3-10,14,19H,11-13H2,1-2H3,(H,25,29)/t19-/m1/s1. The van der Waals surface area contributed by atoms with Crippen LogP contribution in [0.5, 0.6) is 0 Å². The SMILES string of the molecule is CC(C)C[C@H]1N=C2c3ccccc3N=C(SCC(=O)NCc3ccccc3Cl)N2C1=O. The van der Waals surface area contributed by atoms with E-state index in [2.05, 4.69) is 24.2 Å². The van der Waals surface area contributed by atoms with Gasteiger partial charge < -0.3 is 5.32 Å². The number of halogens is 1. The zero-order valence-electron chi connectivity index (χ0n) is 17.3. The second-order valence-electron chi connectivity index (χ2n) is 7.84. The Bertz CT molecular complexity index is 1080. The summed E-state index contributed by atoms with van der Waals surface area (Å²) in [5.74, 6) is 0.868. The summed E-state index contributed by atoms with van der Waals surface area (Å²) in [7, 11) is 0. The number of amides is 2. The van der Waals surface area contributed by atoms with Crippen LogP contribution in [0.3, 0.4) is 0 Å². The molecule has 2 aliphatic heterocycles. The zero-order valence-corrected chi connectivity index (χ0v) is 18.9. The molecule has 2 amide bonds. The first kappa shape index (κ1) is 21.6. The maximum atomic E-state index is 13.1. The quantitative estimate of drug-likeness (QED) is 0.703. The normalized spacial score (nSPS) is 17.2. The summed E-state index contributed by atoms with van der Waals surface area (Å²) in [6.07, 6.45) is 0.678. The number of nitrogens with zero attached hydrogens (tertiary/aromatic N) is 3. The van der Waals surface area contributed by atoms with Crippen molar-refractivity contribution in [2.24, 2.45) is 15.9 Å². The lowest BCUT2D eigenvalue weighted by atomic mass is 10.0. The van der Waals surface area contributed by atoms with E-state index in [0.29, 0.717) is 34.9 Å². The summed E-state index contributed by atoms with van der Waals surface area (Å²) in [5.41, 5.74) is 2.45. The Morgan fingerprint density at radius 3 is 2.71 bits per heavy atom. The van der Waals surface area contributed by atoms with Crippen molar-refractivity contribution in [1.82, 2.24) is 10.2 Å². The number of benzene rings is 2. The summed E-state index contributed by atoms with van der Waals surface area (Å²) in [6, 6.07) is 14.6. The van der Waals surface area contributed by atoms with Crippen molar-refractivity contribution in [3.05, 3.63) is 64.7 Å². The maximum absolute atomic E-state index is 13.1. The molecule has 0 saturated heterocycles. The van der Waals surface area contributed by atoms with Gasteiger partial charge in [0.2, 0.25) is 5.91 Å². The van der Waals surface area contributed by atoms with Crippen molar-refractivity contribution in [2.45, 2.75) is 32.9 Å². The molecule has 0 radical (unpaired) electrons. The lowest BCUT2D eigenvalue weighted by Gasteiger charge is -2.25. The molecule has 2 aromatic carbocycles. The molecule has 31 heavy (non-hydrogen) atoms. The third-order valence-corrected chi connectivity index (χ3v) is 6.32. The fourth-order valence-corrected chi connectivity index (χ4v) is 4.55. The summed E-state index contributed by atoms with van der Waals surface area (Å²) in [5, 5.41) is 3.97. The monoisotopic (exact) mass is 454 g/mol. The van der Waals surface area contributed by atoms with Crippen LogP contribution in [-0.2, 0) is 16.1 Å². The first-order valence-electron chi connectivity index (χ1n) is 10.2. The van der Waals surface area contributed by atoms with Crippen LogP contribution < -0.4 is 5.32 Å². The van der Waals surface area contributed by atoms with Crippen molar-refractivity contribution >= 4 is 51.9 Å². The van der Waals surface area contributed by atoms with E-state index in [1.807, 2.05) is 42.5 Å². The molecule has 1 N–H and O–H groups in total. The van der Waals surface area contributed by atoms with Gasteiger partial charge in [-0.15, -0.1) is 0 Å². The molecule has 4 rings (SSSR count). The molecule has 0 aromatic heterocycles. The molecular weight excluding hydrogens is 432 g/mol. The van der Waals surface area contributed by atoms with Gasteiger partial charge >= 0.3 is 0 Å². The first-order valence-corrected chi connectivity index (χ1v) is 11.5. The van der Waals surface area contributed by atoms with Gasteiger partial charge in [-0.05, 0) is 36.1 Å². The number of rotatable bonds is 6.